The van der Waals surface area contributed by atoms with Crippen LogP contribution < -0.4 is 4.90 Å². The predicted molar refractivity (Wildman–Crippen MR) is 106 cm³/mol. The molecule has 1 saturated heterocycles. The number of anilines is 1. The lowest BCUT2D eigenvalue weighted by molar-refractivity contribution is -0.138. The highest BCUT2D eigenvalue weighted by atomic mass is 19.4. The molecule has 0 spiro atoms. The summed E-state index contributed by atoms with van der Waals surface area (Å²) in [7, 11) is 0. The molecule has 0 saturated carbocycles. The largest absolute Gasteiger partial charge is 0.476 e. The number of imidazole rings is 1. The molecule has 0 radical (unpaired) electrons. The van der Waals surface area contributed by atoms with Gasteiger partial charge in [-0.3, -0.25) is 0 Å². The van der Waals surface area contributed by atoms with E-state index in [1.807, 2.05) is 20.8 Å². The molecule has 2 N–H and O–H groups in total. The van der Waals surface area contributed by atoms with Crippen LogP contribution in [0.5, 0.6) is 0 Å². The first-order chi connectivity index (χ1) is 13.8. The van der Waals surface area contributed by atoms with Gasteiger partial charge < -0.3 is 19.7 Å². The van der Waals surface area contributed by atoms with Crippen LogP contribution in [0.15, 0.2) is 18.2 Å². The lowest BCUT2D eigenvalue weighted by atomic mass is 9.95. The van der Waals surface area contributed by atoms with Crippen LogP contribution >= 0.6 is 0 Å². The van der Waals surface area contributed by atoms with E-state index in [1.54, 1.807) is 22.5 Å². The van der Waals surface area contributed by atoms with E-state index in [-0.39, 0.29) is 17.8 Å². The maximum absolute atomic E-state index is 13.9. The molecule has 0 bridgehead atoms. The SMILES string of the molecule is Cc1c(C(=O)O)nc(C(C)(C)C)n1Cc1ccc(N2CC[C@H](O)C2)cc1C(F)(F)F. The van der Waals surface area contributed by atoms with Crippen molar-refractivity contribution in [3.63, 3.8) is 0 Å². The van der Waals surface area contributed by atoms with Crippen molar-refractivity contribution in [2.75, 3.05) is 18.0 Å². The lowest BCUT2D eigenvalue weighted by Crippen LogP contribution is -2.23. The van der Waals surface area contributed by atoms with Crippen LogP contribution in [0.2, 0.25) is 0 Å². The molecule has 1 aromatic heterocycles. The number of aliphatic hydroxyl groups is 1. The van der Waals surface area contributed by atoms with Gasteiger partial charge in [0.2, 0.25) is 0 Å². The number of hydrogen-bond donors (Lipinski definition) is 2. The number of hydrogen-bond acceptors (Lipinski definition) is 4. The van der Waals surface area contributed by atoms with Gasteiger partial charge in [-0.05, 0) is 31.0 Å². The topological polar surface area (TPSA) is 78.6 Å². The molecule has 9 heteroatoms. The Morgan fingerprint density at radius 1 is 1.27 bits per heavy atom. The molecule has 3 rings (SSSR count). The molecule has 1 aliphatic rings. The van der Waals surface area contributed by atoms with E-state index < -0.39 is 29.2 Å². The highest BCUT2D eigenvalue weighted by Gasteiger charge is 2.35. The zero-order valence-corrected chi connectivity index (χ0v) is 17.4. The molecular formula is C21H26F3N3O3. The van der Waals surface area contributed by atoms with Crippen molar-refractivity contribution in [2.24, 2.45) is 0 Å². The van der Waals surface area contributed by atoms with Gasteiger partial charge in [0, 0.05) is 36.4 Å². The molecule has 1 atom stereocenters. The van der Waals surface area contributed by atoms with Crippen LogP contribution in [-0.4, -0.2) is 44.9 Å². The number of halogens is 3. The van der Waals surface area contributed by atoms with Gasteiger partial charge in [0.05, 0.1) is 11.7 Å². The Hall–Kier alpha value is -2.55. The third-order valence-corrected chi connectivity index (χ3v) is 5.35. The number of benzene rings is 1. The van der Waals surface area contributed by atoms with E-state index >= 15 is 0 Å². The van der Waals surface area contributed by atoms with Crippen molar-refractivity contribution < 1.29 is 28.2 Å². The summed E-state index contributed by atoms with van der Waals surface area (Å²) in [5.41, 5.74) is -0.724. The van der Waals surface area contributed by atoms with E-state index in [0.29, 0.717) is 36.7 Å². The van der Waals surface area contributed by atoms with E-state index in [9.17, 15) is 28.2 Å². The van der Waals surface area contributed by atoms with E-state index in [1.165, 1.54) is 6.07 Å². The fraction of sp³-hybridized carbons (Fsp3) is 0.524. The number of aliphatic hydroxyl groups excluding tert-OH is 1. The number of aromatic carboxylic acids is 1. The molecule has 1 fully saturated rings. The van der Waals surface area contributed by atoms with Gasteiger partial charge in [-0.15, -0.1) is 0 Å². The van der Waals surface area contributed by atoms with Gasteiger partial charge >= 0.3 is 12.1 Å². The highest BCUT2D eigenvalue weighted by Crippen LogP contribution is 2.36. The van der Waals surface area contributed by atoms with Crippen LogP contribution in [0.1, 0.15) is 60.3 Å². The minimum Gasteiger partial charge on any atom is -0.476 e. The van der Waals surface area contributed by atoms with Gasteiger partial charge in [0.25, 0.3) is 0 Å². The van der Waals surface area contributed by atoms with Gasteiger partial charge in [-0.2, -0.15) is 13.2 Å². The Morgan fingerprint density at radius 3 is 2.43 bits per heavy atom. The smallest absolute Gasteiger partial charge is 0.416 e. The molecule has 0 amide bonds. The lowest BCUT2D eigenvalue weighted by Gasteiger charge is -2.24. The number of carboxylic acids is 1. The van der Waals surface area contributed by atoms with Crippen molar-refractivity contribution >= 4 is 11.7 Å². The number of carbonyl (C=O) groups is 1. The van der Waals surface area contributed by atoms with Gasteiger partial charge in [0.1, 0.15) is 5.82 Å². The first kappa shape index (κ1) is 22.1. The number of β-amino-alcohol motifs (C(OH)–C–C–N with tert-alkyl or cyclic N) is 1. The maximum Gasteiger partial charge on any atom is 0.416 e. The minimum absolute atomic E-state index is 0.0361. The molecule has 1 aliphatic heterocycles. The average molecular weight is 425 g/mol. The molecule has 6 nitrogen and oxygen atoms in total. The Labute approximate surface area is 173 Å². The molecule has 0 aliphatic carbocycles. The quantitative estimate of drug-likeness (QED) is 0.779. The maximum atomic E-state index is 13.9. The summed E-state index contributed by atoms with van der Waals surface area (Å²) >= 11 is 0. The molecule has 1 aromatic carbocycles. The Morgan fingerprint density at radius 2 is 1.93 bits per heavy atom. The summed E-state index contributed by atoms with van der Waals surface area (Å²) in [6, 6.07) is 4.15. The molecule has 30 heavy (non-hydrogen) atoms. The number of nitrogens with zero attached hydrogens (tertiary/aromatic N) is 3. The Balaban J connectivity index is 2.08. The number of alkyl halides is 3. The van der Waals surface area contributed by atoms with Crippen molar-refractivity contribution in [1.29, 1.82) is 0 Å². The highest BCUT2D eigenvalue weighted by molar-refractivity contribution is 5.86. The first-order valence-corrected chi connectivity index (χ1v) is 9.73. The second-order valence-electron chi connectivity index (χ2n) is 8.74. The van der Waals surface area contributed by atoms with Crippen molar-refractivity contribution in [2.45, 2.75) is 58.4 Å². The third kappa shape index (κ3) is 4.30. The zero-order valence-electron chi connectivity index (χ0n) is 17.4. The second kappa shape index (κ2) is 7.61. The van der Waals surface area contributed by atoms with E-state index in [4.69, 9.17) is 0 Å². The summed E-state index contributed by atoms with van der Waals surface area (Å²) in [4.78, 5) is 17.5. The number of aromatic nitrogens is 2. The van der Waals surface area contributed by atoms with E-state index in [0.717, 1.165) is 6.07 Å². The summed E-state index contributed by atoms with van der Waals surface area (Å²) in [6.45, 7) is 7.72. The van der Waals surface area contributed by atoms with Crippen LogP contribution in [0.3, 0.4) is 0 Å². The Kier molecular flexibility index (Phi) is 5.62. The molecule has 0 unspecified atom stereocenters. The van der Waals surface area contributed by atoms with Crippen molar-refractivity contribution in [3.05, 3.63) is 46.5 Å². The van der Waals surface area contributed by atoms with E-state index in [2.05, 4.69) is 4.98 Å². The summed E-state index contributed by atoms with van der Waals surface area (Å²) < 4.78 is 43.2. The van der Waals surface area contributed by atoms with Crippen LogP contribution in [0.4, 0.5) is 18.9 Å². The summed E-state index contributed by atoms with van der Waals surface area (Å²) in [6.07, 6.45) is -4.60. The fourth-order valence-electron chi connectivity index (χ4n) is 3.81. The molecule has 164 valence electrons. The number of carboxylic acid groups (broad SMARTS) is 1. The van der Waals surface area contributed by atoms with Gasteiger partial charge in [-0.25, -0.2) is 9.78 Å². The predicted octanol–water partition coefficient (Wildman–Crippen LogP) is 3.83. The monoisotopic (exact) mass is 425 g/mol. The molecule has 2 aromatic rings. The van der Waals surface area contributed by atoms with Gasteiger partial charge in [-0.1, -0.05) is 26.8 Å². The normalized spacial score (nSPS) is 17.6. The first-order valence-electron chi connectivity index (χ1n) is 9.73. The minimum atomic E-state index is -4.57. The zero-order chi connectivity index (χ0) is 22.4. The van der Waals surface area contributed by atoms with Crippen LogP contribution in [0, 0.1) is 6.92 Å². The molecule has 2 heterocycles. The summed E-state index contributed by atoms with van der Waals surface area (Å²) in [5, 5.41) is 19.1. The van der Waals surface area contributed by atoms with Crippen molar-refractivity contribution in [3.8, 4) is 0 Å². The molecular weight excluding hydrogens is 399 g/mol. The van der Waals surface area contributed by atoms with Crippen molar-refractivity contribution in [1.82, 2.24) is 9.55 Å². The fourth-order valence-corrected chi connectivity index (χ4v) is 3.81. The average Bonchev–Trinajstić information content (AvgIpc) is 3.18. The summed E-state index contributed by atoms with van der Waals surface area (Å²) in [5.74, 6) is -0.798. The third-order valence-electron chi connectivity index (χ3n) is 5.35. The van der Waals surface area contributed by atoms with Crippen LogP contribution in [-0.2, 0) is 18.1 Å². The second-order valence-corrected chi connectivity index (χ2v) is 8.74. The number of rotatable bonds is 4. The standard InChI is InChI=1S/C21H26F3N3O3/c1-12-17(18(29)30)25-19(20(2,3)4)27(12)10-13-5-6-14(9-16(13)21(22,23)24)26-8-7-15(28)11-26/h5-6,9,15,28H,7-8,10-11H2,1-4H3,(H,29,30)/t15-/m0/s1. The van der Waals surface area contributed by atoms with Crippen LogP contribution in [0.25, 0.3) is 0 Å². The Bertz CT molecular complexity index is 961. The van der Waals surface area contributed by atoms with Gasteiger partial charge in [0.15, 0.2) is 5.69 Å².